The van der Waals surface area contributed by atoms with Crippen molar-refractivity contribution in [3.63, 3.8) is 0 Å². The van der Waals surface area contributed by atoms with Crippen molar-refractivity contribution in [3.05, 3.63) is 0 Å². The zero-order valence-corrected chi connectivity index (χ0v) is 10.7. The van der Waals surface area contributed by atoms with Crippen LogP contribution in [0.2, 0.25) is 0 Å². The topological polar surface area (TPSA) is 41.6 Å². The van der Waals surface area contributed by atoms with E-state index in [0.29, 0.717) is 12.5 Å². The highest BCUT2D eigenvalue weighted by Crippen LogP contribution is 2.19. The van der Waals surface area contributed by atoms with Gasteiger partial charge in [-0.1, -0.05) is 0 Å². The first-order valence-electron chi connectivity index (χ1n) is 6.12. The Morgan fingerprint density at radius 1 is 1.50 bits per heavy atom. The summed E-state index contributed by atoms with van der Waals surface area (Å²) in [7, 11) is 3.46. The first-order valence-corrected chi connectivity index (χ1v) is 6.12. The summed E-state index contributed by atoms with van der Waals surface area (Å²) in [6, 6.07) is 0.308. The van der Waals surface area contributed by atoms with E-state index in [1.54, 1.807) is 0 Å². The van der Waals surface area contributed by atoms with Gasteiger partial charge in [-0.3, -0.25) is 4.79 Å². The van der Waals surface area contributed by atoms with Crippen molar-refractivity contribution in [1.82, 2.24) is 10.2 Å². The largest absolute Gasteiger partial charge is 0.469 e. The summed E-state index contributed by atoms with van der Waals surface area (Å²) in [6.07, 6.45) is 2.96. The molecule has 1 aliphatic rings. The molecule has 4 nitrogen and oxygen atoms in total. The minimum atomic E-state index is -0.107. The maximum Gasteiger partial charge on any atom is 0.307 e. The molecule has 0 aromatic heterocycles. The van der Waals surface area contributed by atoms with Crippen molar-refractivity contribution in [3.8, 4) is 0 Å². The van der Waals surface area contributed by atoms with E-state index in [2.05, 4.69) is 17.1 Å². The fraction of sp³-hybridized carbons (Fsp3) is 0.917. The third-order valence-corrected chi connectivity index (χ3v) is 3.46. The number of ether oxygens (including phenoxy) is 1. The Morgan fingerprint density at radius 2 is 2.12 bits per heavy atom. The number of carbonyl (C=O) groups excluding carboxylic acids is 1. The second-order valence-corrected chi connectivity index (χ2v) is 4.67. The van der Waals surface area contributed by atoms with E-state index in [0.717, 1.165) is 25.6 Å². The Hall–Kier alpha value is -0.610. The lowest BCUT2D eigenvalue weighted by Crippen LogP contribution is -2.42. The molecule has 1 aliphatic heterocycles. The van der Waals surface area contributed by atoms with Gasteiger partial charge in [0.05, 0.1) is 13.5 Å². The zero-order chi connectivity index (χ0) is 12.0. The second-order valence-electron chi connectivity index (χ2n) is 4.67. The SMILES string of the molecule is CNCC1CCN(C(C)CC(=O)OC)CC1. The number of methoxy groups -OCH3 is 1. The Morgan fingerprint density at radius 3 is 2.62 bits per heavy atom. The van der Waals surface area contributed by atoms with E-state index >= 15 is 0 Å². The molecular weight excluding hydrogens is 204 g/mol. The first-order chi connectivity index (χ1) is 7.67. The van der Waals surface area contributed by atoms with Crippen LogP contribution in [0, 0.1) is 5.92 Å². The van der Waals surface area contributed by atoms with Gasteiger partial charge in [0.25, 0.3) is 0 Å². The monoisotopic (exact) mass is 228 g/mol. The highest BCUT2D eigenvalue weighted by atomic mass is 16.5. The van der Waals surface area contributed by atoms with E-state index in [1.807, 2.05) is 7.05 Å². The second kappa shape index (κ2) is 6.86. The van der Waals surface area contributed by atoms with Crippen LogP contribution in [-0.2, 0) is 9.53 Å². The first kappa shape index (κ1) is 13.5. The number of esters is 1. The van der Waals surface area contributed by atoms with Gasteiger partial charge in [0.2, 0.25) is 0 Å². The molecule has 0 amide bonds. The molecule has 1 fully saturated rings. The summed E-state index contributed by atoms with van der Waals surface area (Å²) in [5.74, 6) is 0.691. The van der Waals surface area contributed by atoms with E-state index in [9.17, 15) is 4.79 Å². The predicted octanol–water partition coefficient (Wildman–Crippen LogP) is 0.869. The molecule has 0 aliphatic carbocycles. The van der Waals surface area contributed by atoms with Crippen LogP contribution in [0.25, 0.3) is 0 Å². The third-order valence-electron chi connectivity index (χ3n) is 3.46. The number of nitrogens with zero attached hydrogens (tertiary/aromatic N) is 1. The van der Waals surface area contributed by atoms with Crippen LogP contribution in [-0.4, -0.2) is 50.7 Å². The maximum absolute atomic E-state index is 11.2. The molecule has 0 spiro atoms. The summed E-state index contributed by atoms with van der Waals surface area (Å²) >= 11 is 0. The van der Waals surface area contributed by atoms with E-state index in [1.165, 1.54) is 20.0 Å². The lowest BCUT2D eigenvalue weighted by atomic mass is 9.95. The summed E-state index contributed by atoms with van der Waals surface area (Å²) in [5, 5.41) is 3.23. The number of hydrogen-bond donors (Lipinski definition) is 1. The molecule has 0 bridgehead atoms. The minimum Gasteiger partial charge on any atom is -0.469 e. The molecule has 1 N–H and O–H groups in total. The quantitative estimate of drug-likeness (QED) is 0.709. The van der Waals surface area contributed by atoms with Gasteiger partial charge in [-0.05, 0) is 52.4 Å². The van der Waals surface area contributed by atoms with Gasteiger partial charge >= 0.3 is 5.97 Å². The molecule has 1 rings (SSSR count). The molecule has 1 unspecified atom stereocenters. The average molecular weight is 228 g/mol. The van der Waals surface area contributed by atoms with Crippen LogP contribution in [0.4, 0.5) is 0 Å². The molecule has 0 radical (unpaired) electrons. The molecule has 4 heteroatoms. The van der Waals surface area contributed by atoms with Crippen molar-refractivity contribution in [2.75, 3.05) is 33.8 Å². The third kappa shape index (κ3) is 4.10. The number of rotatable bonds is 5. The van der Waals surface area contributed by atoms with E-state index in [4.69, 9.17) is 4.74 Å². The van der Waals surface area contributed by atoms with Crippen molar-refractivity contribution < 1.29 is 9.53 Å². The Bertz CT molecular complexity index is 213. The fourth-order valence-electron chi connectivity index (χ4n) is 2.34. The van der Waals surface area contributed by atoms with Crippen LogP contribution in [0.5, 0.6) is 0 Å². The number of carbonyl (C=O) groups is 1. The zero-order valence-electron chi connectivity index (χ0n) is 10.7. The minimum absolute atomic E-state index is 0.107. The Kier molecular flexibility index (Phi) is 5.77. The van der Waals surface area contributed by atoms with Crippen molar-refractivity contribution in [1.29, 1.82) is 0 Å². The average Bonchev–Trinajstić information content (AvgIpc) is 2.30. The van der Waals surface area contributed by atoms with Gasteiger partial charge < -0.3 is 15.0 Å². The van der Waals surface area contributed by atoms with Crippen LogP contribution in [0.1, 0.15) is 26.2 Å². The predicted molar refractivity (Wildman–Crippen MR) is 64.3 cm³/mol. The number of piperidine rings is 1. The summed E-state index contributed by atoms with van der Waals surface area (Å²) in [6.45, 7) is 5.42. The number of nitrogens with one attached hydrogen (secondary N) is 1. The normalized spacial score (nSPS) is 20.7. The highest BCUT2D eigenvalue weighted by Gasteiger charge is 2.23. The number of hydrogen-bond acceptors (Lipinski definition) is 4. The van der Waals surface area contributed by atoms with Gasteiger partial charge in [0.1, 0.15) is 0 Å². The number of likely N-dealkylation sites (tertiary alicyclic amines) is 1. The van der Waals surface area contributed by atoms with Gasteiger partial charge in [0.15, 0.2) is 0 Å². The van der Waals surface area contributed by atoms with Crippen molar-refractivity contribution in [2.45, 2.75) is 32.2 Å². The molecular formula is C12H24N2O2. The molecule has 16 heavy (non-hydrogen) atoms. The van der Waals surface area contributed by atoms with Gasteiger partial charge in [-0.2, -0.15) is 0 Å². The maximum atomic E-state index is 11.2. The molecule has 94 valence electrons. The molecule has 1 atom stereocenters. The molecule has 0 aromatic rings. The van der Waals surface area contributed by atoms with Crippen LogP contribution < -0.4 is 5.32 Å². The Balaban J connectivity index is 2.27. The van der Waals surface area contributed by atoms with E-state index < -0.39 is 0 Å². The summed E-state index contributed by atoms with van der Waals surface area (Å²) in [4.78, 5) is 13.6. The molecule has 1 saturated heterocycles. The lowest BCUT2D eigenvalue weighted by Gasteiger charge is -2.35. The standard InChI is InChI=1S/C12H24N2O2/c1-10(8-12(15)16-3)14-6-4-11(5-7-14)9-13-2/h10-11,13H,4-9H2,1-3H3. The fourth-order valence-corrected chi connectivity index (χ4v) is 2.34. The smallest absolute Gasteiger partial charge is 0.307 e. The van der Waals surface area contributed by atoms with Crippen LogP contribution in [0.15, 0.2) is 0 Å². The molecule has 0 saturated carbocycles. The van der Waals surface area contributed by atoms with Crippen molar-refractivity contribution in [2.24, 2.45) is 5.92 Å². The highest BCUT2D eigenvalue weighted by molar-refractivity contribution is 5.69. The van der Waals surface area contributed by atoms with Gasteiger partial charge in [0, 0.05) is 6.04 Å². The summed E-state index contributed by atoms with van der Waals surface area (Å²) in [5.41, 5.74) is 0. The van der Waals surface area contributed by atoms with Gasteiger partial charge in [-0.15, -0.1) is 0 Å². The van der Waals surface area contributed by atoms with Crippen LogP contribution in [0.3, 0.4) is 0 Å². The molecule has 1 heterocycles. The van der Waals surface area contributed by atoms with Gasteiger partial charge in [-0.25, -0.2) is 0 Å². The molecule has 0 aromatic carbocycles. The summed E-state index contributed by atoms with van der Waals surface area (Å²) < 4.78 is 4.70. The Labute approximate surface area is 98.3 Å². The van der Waals surface area contributed by atoms with E-state index in [-0.39, 0.29) is 5.97 Å². The lowest BCUT2D eigenvalue weighted by molar-refractivity contribution is -0.142. The van der Waals surface area contributed by atoms with Crippen molar-refractivity contribution >= 4 is 5.97 Å². The van der Waals surface area contributed by atoms with Crippen LogP contribution >= 0.6 is 0 Å².